The van der Waals surface area contributed by atoms with Crippen molar-refractivity contribution in [3.05, 3.63) is 54.1 Å². The first-order chi connectivity index (χ1) is 14.0. The van der Waals surface area contributed by atoms with Crippen LogP contribution >= 0.6 is 0 Å². The molecular formula is C22H28N2O4S. The van der Waals surface area contributed by atoms with Crippen molar-refractivity contribution in [3.8, 4) is 5.75 Å². The molecule has 1 aliphatic heterocycles. The molecular weight excluding hydrogens is 388 g/mol. The molecule has 7 heteroatoms. The van der Waals surface area contributed by atoms with E-state index in [1.807, 2.05) is 19.1 Å². The number of para-hydroxylation sites is 2. The molecule has 29 heavy (non-hydrogen) atoms. The van der Waals surface area contributed by atoms with Gasteiger partial charge >= 0.3 is 0 Å². The molecule has 1 fully saturated rings. The molecule has 0 bridgehead atoms. The first-order valence-corrected chi connectivity index (χ1v) is 11.6. The summed E-state index contributed by atoms with van der Waals surface area (Å²) >= 11 is 0. The summed E-state index contributed by atoms with van der Waals surface area (Å²) in [6.07, 6.45) is 4.70. The second-order valence-electron chi connectivity index (χ2n) is 7.14. The average Bonchev–Trinajstić information content (AvgIpc) is 3.03. The molecule has 0 saturated carbocycles. The van der Waals surface area contributed by atoms with Gasteiger partial charge in [0.25, 0.3) is 5.91 Å². The molecule has 0 radical (unpaired) electrons. The molecule has 6 nitrogen and oxygen atoms in total. The molecule has 0 atom stereocenters. The third kappa shape index (κ3) is 5.36. The maximum atomic E-state index is 13.0. The number of benzene rings is 2. The number of carbonyl (C=O) groups is 1. The summed E-state index contributed by atoms with van der Waals surface area (Å²) in [7, 11) is -3.61. The van der Waals surface area contributed by atoms with Gasteiger partial charge in [0, 0.05) is 18.7 Å². The van der Waals surface area contributed by atoms with E-state index >= 15 is 0 Å². The SMILES string of the molecule is CCCOc1ccccc1NC(=O)c1cccc(S(=O)(=O)N2CCCCCC2)c1. The fourth-order valence-corrected chi connectivity index (χ4v) is 4.89. The number of sulfonamides is 1. The van der Waals surface area contributed by atoms with Gasteiger partial charge in [-0.3, -0.25) is 4.79 Å². The predicted molar refractivity (Wildman–Crippen MR) is 114 cm³/mol. The highest BCUT2D eigenvalue weighted by atomic mass is 32.2. The first-order valence-electron chi connectivity index (χ1n) is 10.2. The monoisotopic (exact) mass is 416 g/mol. The zero-order valence-corrected chi connectivity index (χ0v) is 17.6. The van der Waals surface area contributed by atoms with Gasteiger partial charge in [0.15, 0.2) is 0 Å². The van der Waals surface area contributed by atoms with Crippen LogP contribution < -0.4 is 10.1 Å². The highest BCUT2D eigenvalue weighted by molar-refractivity contribution is 7.89. The molecule has 1 aliphatic rings. The number of nitrogens with one attached hydrogen (secondary N) is 1. The molecule has 1 amide bonds. The lowest BCUT2D eigenvalue weighted by atomic mass is 10.2. The third-order valence-electron chi connectivity index (χ3n) is 4.90. The summed E-state index contributed by atoms with van der Waals surface area (Å²) in [6, 6.07) is 13.4. The second kappa shape index (κ2) is 9.89. The van der Waals surface area contributed by atoms with Gasteiger partial charge in [-0.05, 0) is 49.6 Å². The van der Waals surface area contributed by atoms with E-state index in [1.165, 1.54) is 10.4 Å². The lowest BCUT2D eigenvalue weighted by molar-refractivity contribution is 0.102. The van der Waals surface area contributed by atoms with Gasteiger partial charge in [-0.1, -0.05) is 38.0 Å². The Hall–Kier alpha value is -2.38. The molecule has 0 unspecified atom stereocenters. The van der Waals surface area contributed by atoms with Crippen molar-refractivity contribution in [3.63, 3.8) is 0 Å². The van der Waals surface area contributed by atoms with E-state index in [1.54, 1.807) is 30.3 Å². The fraction of sp³-hybridized carbons (Fsp3) is 0.409. The highest BCUT2D eigenvalue weighted by Gasteiger charge is 2.25. The first kappa shape index (κ1) is 21.3. The predicted octanol–water partition coefficient (Wildman–Crippen LogP) is 4.29. The van der Waals surface area contributed by atoms with Crippen LogP contribution in [0.1, 0.15) is 49.4 Å². The zero-order chi connectivity index (χ0) is 20.7. The lowest BCUT2D eigenvalue weighted by Gasteiger charge is -2.20. The summed E-state index contributed by atoms with van der Waals surface area (Å²) in [6.45, 7) is 3.62. The summed E-state index contributed by atoms with van der Waals surface area (Å²) < 4.78 is 33.2. The molecule has 0 spiro atoms. The van der Waals surface area contributed by atoms with Gasteiger partial charge in [0.1, 0.15) is 5.75 Å². The second-order valence-corrected chi connectivity index (χ2v) is 9.08. The summed E-state index contributed by atoms with van der Waals surface area (Å²) in [5, 5.41) is 2.83. The largest absolute Gasteiger partial charge is 0.491 e. The standard InChI is InChI=1S/C22H28N2O4S/c1-2-16-28-21-13-6-5-12-20(21)23-22(25)18-10-9-11-19(17-18)29(26,27)24-14-7-3-4-8-15-24/h5-6,9-13,17H,2-4,7-8,14-16H2,1H3,(H,23,25). The van der Waals surface area contributed by atoms with Gasteiger partial charge in [0.05, 0.1) is 17.2 Å². The summed E-state index contributed by atoms with van der Waals surface area (Å²) in [5.74, 6) is 0.224. The van der Waals surface area contributed by atoms with Crippen molar-refractivity contribution >= 4 is 21.6 Å². The number of anilines is 1. The number of carbonyl (C=O) groups excluding carboxylic acids is 1. The molecule has 3 rings (SSSR count). The minimum atomic E-state index is -3.61. The fourth-order valence-electron chi connectivity index (χ4n) is 3.33. The lowest BCUT2D eigenvalue weighted by Crippen LogP contribution is -2.32. The molecule has 2 aromatic rings. The zero-order valence-electron chi connectivity index (χ0n) is 16.8. The van der Waals surface area contributed by atoms with Crippen LogP contribution in [-0.2, 0) is 10.0 Å². The van der Waals surface area contributed by atoms with Crippen LogP contribution in [0.3, 0.4) is 0 Å². The van der Waals surface area contributed by atoms with E-state index in [4.69, 9.17) is 4.74 Å². The number of hydrogen-bond donors (Lipinski definition) is 1. The quantitative estimate of drug-likeness (QED) is 0.730. The van der Waals surface area contributed by atoms with E-state index in [0.717, 1.165) is 32.1 Å². The Labute approximate surface area is 172 Å². The number of amides is 1. The van der Waals surface area contributed by atoms with Crippen molar-refractivity contribution in [2.24, 2.45) is 0 Å². The van der Waals surface area contributed by atoms with Crippen LogP contribution in [0.15, 0.2) is 53.4 Å². The molecule has 2 aromatic carbocycles. The minimum absolute atomic E-state index is 0.155. The Morgan fingerprint density at radius 2 is 1.76 bits per heavy atom. The molecule has 1 saturated heterocycles. The van der Waals surface area contributed by atoms with E-state index in [9.17, 15) is 13.2 Å². The van der Waals surface area contributed by atoms with Gasteiger partial charge in [-0.15, -0.1) is 0 Å². The van der Waals surface area contributed by atoms with Gasteiger partial charge in [-0.2, -0.15) is 4.31 Å². The molecule has 1 N–H and O–H groups in total. The summed E-state index contributed by atoms with van der Waals surface area (Å²) in [4.78, 5) is 12.9. The van der Waals surface area contributed by atoms with Crippen molar-refractivity contribution in [2.75, 3.05) is 25.0 Å². The number of rotatable bonds is 7. The van der Waals surface area contributed by atoms with E-state index in [0.29, 0.717) is 36.7 Å². The molecule has 0 aliphatic carbocycles. The Balaban J connectivity index is 1.80. The minimum Gasteiger partial charge on any atom is -0.491 e. The van der Waals surface area contributed by atoms with E-state index < -0.39 is 10.0 Å². The maximum Gasteiger partial charge on any atom is 0.255 e. The third-order valence-corrected chi connectivity index (χ3v) is 6.79. The topological polar surface area (TPSA) is 75.7 Å². The van der Waals surface area contributed by atoms with Crippen LogP contribution in [0.5, 0.6) is 5.75 Å². The van der Waals surface area contributed by atoms with Crippen molar-refractivity contribution in [1.29, 1.82) is 0 Å². The Morgan fingerprint density at radius 1 is 1.03 bits per heavy atom. The van der Waals surface area contributed by atoms with Gasteiger partial charge in [-0.25, -0.2) is 8.42 Å². The Kier molecular flexibility index (Phi) is 7.28. The molecule has 0 aromatic heterocycles. The van der Waals surface area contributed by atoms with Crippen LogP contribution in [-0.4, -0.2) is 38.3 Å². The number of nitrogens with zero attached hydrogens (tertiary/aromatic N) is 1. The van der Waals surface area contributed by atoms with E-state index in [2.05, 4.69) is 5.32 Å². The van der Waals surface area contributed by atoms with Crippen LogP contribution in [0.4, 0.5) is 5.69 Å². The van der Waals surface area contributed by atoms with E-state index in [-0.39, 0.29) is 10.8 Å². The van der Waals surface area contributed by atoms with Crippen molar-refractivity contribution in [1.82, 2.24) is 4.31 Å². The number of hydrogen-bond acceptors (Lipinski definition) is 4. The average molecular weight is 417 g/mol. The van der Waals surface area contributed by atoms with Crippen LogP contribution in [0.2, 0.25) is 0 Å². The molecule has 156 valence electrons. The normalized spacial score (nSPS) is 15.5. The van der Waals surface area contributed by atoms with Gasteiger partial charge < -0.3 is 10.1 Å². The Bertz CT molecular complexity index is 935. The highest BCUT2D eigenvalue weighted by Crippen LogP contribution is 2.25. The summed E-state index contributed by atoms with van der Waals surface area (Å²) in [5.41, 5.74) is 0.859. The van der Waals surface area contributed by atoms with Crippen LogP contribution in [0, 0.1) is 0 Å². The van der Waals surface area contributed by atoms with Crippen LogP contribution in [0.25, 0.3) is 0 Å². The maximum absolute atomic E-state index is 13.0. The smallest absolute Gasteiger partial charge is 0.255 e. The number of ether oxygens (including phenoxy) is 1. The molecule has 1 heterocycles. The van der Waals surface area contributed by atoms with Crippen molar-refractivity contribution < 1.29 is 17.9 Å². The Morgan fingerprint density at radius 3 is 2.48 bits per heavy atom. The van der Waals surface area contributed by atoms with Gasteiger partial charge in [0.2, 0.25) is 10.0 Å². The van der Waals surface area contributed by atoms with Crippen molar-refractivity contribution in [2.45, 2.75) is 43.9 Å².